The van der Waals surface area contributed by atoms with Crippen LogP contribution in [0.3, 0.4) is 0 Å². The normalized spacial score (nSPS) is 12.8. The van der Waals surface area contributed by atoms with Crippen LogP contribution in [-0.4, -0.2) is 27.9 Å². The molecule has 0 N–H and O–H groups in total. The fourth-order valence-corrected chi connectivity index (χ4v) is 3.38. The standard InChI is InChI=1S/C18H20Cl2O4S/c1-25(21,22)24-13-14(17-10-9-15(19)12-18(17)20)6-5-11-23-16-7-3-2-4-8-16/h2-4,7-10,12,14H,5-6,11,13H2,1H3/t14-/m1/s1. The largest absolute Gasteiger partial charge is 0.494 e. The van der Waals surface area contributed by atoms with Gasteiger partial charge in [0.1, 0.15) is 5.75 Å². The molecule has 0 saturated heterocycles. The lowest BCUT2D eigenvalue weighted by Crippen LogP contribution is -2.14. The molecule has 1 atom stereocenters. The van der Waals surface area contributed by atoms with Gasteiger partial charge in [-0.1, -0.05) is 47.5 Å². The number of ether oxygens (including phenoxy) is 1. The summed E-state index contributed by atoms with van der Waals surface area (Å²) < 4.78 is 33.3. The van der Waals surface area contributed by atoms with Crippen LogP contribution >= 0.6 is 23.2 Å². The molecule has 0 spiro atoms. The maximum absolute atomic E-state index is 11.3. The highest BCUT2D eigenvalue weighted by Crippen LogP contribution is 2.31. The minimum Gasteiger partial charge on any atom is -0.494 e. The topological polar surface area (TPSA) is 52.6 Å². The first kappa shape index (κ1) is 20.0. The van der Waals surface area contributed by atoms with Gasteiger partial charge in [-0.15, -0.1) is 0 Å². The van der Waals surface area contributed by atoms with Gasteiger partial charge in [-0.25, -0.2) is 0 Å². The lowest BCUT2D eigenvalue weighted by molar-refractivity contribution is 0.264. The van der Waals surface area contributed by atoms with E-state index < -0.39 is 10.1 Å². The molecule has 0 aliphatic rings. The molecule has 0 unspecified atom stereocenters. The van der Waals surface area contributed by atoms with E-state index in [2.05, 4.69) is 0 Å². The molecule has 0 bridgehead atoms. The van der Waals surface area contributed by atoms with E-state index in [-0.39, 0.29) is 12.5 Å². The second-order valence-corrected chi connectivity index (χ2v) is 8.14. The summed E-state index contributed by atoms with van der Waals surface area (Å²) in [4.78, 5) is 0. The number of benzene rings is 2. The molecular weight excluding hydrogens is 383 g/mol. The molecule has 25 heavy (non-hydrogen) atoms. The third-order valence-electron chi connectivity index (χ3n) is 3.59. The first-order valence-electron chi connectivity index (χ1n) is 7.82. The minimum absolute atomic E-state index is 0.0333. The fraction of sp³-hybridized carbons (Fsp3) is 0.333. The average molecular weight is 403 g/mol. The predicted octanol–water partition coefficient (Wildman–Crippen LogP) is 4.91. The molecule has 0 fully saturated rings. The minimum atomic E-state index is -3.52. The zero-order chi connectivity index (χ0) is 18.3. The summed E-state index contributed by atoms with van der Waals surface area (Å²) in [6, 6.07) is 14.7. The summed E-state index contributed by atoms with van der Waals surface area (Å²) >= 11 is 12.2. The first-order valence-corrected chi connectivity index (χ1v) is 10.4. The van der Waals surface area contributed by atoms with E-state index in [0.29, 0.717) is 23.1 Å². The number of rotatable bonds is 9. The van der Waals surface area contributed by atoms with E-state index in [1.54, 1.807) is 18.2 Å². The van der Waals surface area contributed by atoms with E-state index in [1.165, 1.54) is 0 Å². The van der Waals surface area contributed by atoms with E-state index in [0.717, 1.165) is 24.0 Å². The van der Waals surface area contributed by atoms with E-state index in [4.69, 9.17) is 32.1 Å². The molecule has 2 aromatic rings. The molecule has 4 nitrogen and oxygen atoms in total. The lowest BCUT2D eigenvalue weighted by Gasteiger charge is -2.18. The quantitative estimate of drug-likeness (QED) is 0.441. The molecule has 2 aromatic carbocycles. The molecule has 0 saturated carbocycles. The van der Waals surface area contributed by atoms with Crippen LogP contribution in [0, 0.1) is 0 Å². The maximum atomic E-state index is 11.3. The summed E-state index contributed by atoms with van der Waals surface area (Å²) in [6.07, 6.45) is 2.43. The fourth-order valence-electron chi connectivity index (χ4n) is 2.40. The summed E-state index contributed by atoms with van der Waals surface area (Å²) in [7, 11) is -3.52. The molecule has 0 radical (unpaired) electrons. The van der Waals surface area contributed by atoms with Crippen molar-refractivity contribution in [2.75, 3.05) is 19.5 Å². The van der Waals surface area contributed by atoms with E-state index >= 15 is 0 Å². The summed E-state index contributed by atoms with van der Waals surface area (Å²) in [5.41, 5.74) is 0.814. The Kier molecular flexibility index (Phi) is 7.56. The van der Waals surface area contributed by atoms with Gasteiger partial charge in [-0.2, -0.15) is 8.42 Å². The number of halogens is 2. The molecule has 0 aromatic heterocycles. The third-order valence-corrected chi connectivity index (χ3v) is 4.72. The molecule has 136 valence electrons. The lowest BCUT2D eigenvalue weighted by atomic mass is 9.95. The Balaban J connectivity index is 1.98. The Hall–Kier alpha value is -1.27. The van der Waals surface area contributed by atoms with Crippen molar-refractivity contribution >= 4 is 33.3 Å². The van der Waals surface area contributed by atoms with Gasteiger partial charge in [0, 0.05) is 16.0 Å². The average Bonchev–Trinajstić information content (AvgIpc) is 2.55. The summed E-state index contributed by atoms with van der Waals surface area (Å²) in [5, 5.41) is 1.03. The molecule has 0 aliphatic heterocycles. The van der Waals surface area contributed by atoms with Gasteiger partial charge in [0.25, 0.3) is 10.1 Å². The van der Waals surface area contributed by atoms with Crippen molar-refractivity contribution in [3.63, 3.8) is 0 Å². The Morgan fingerprint density at radius 2 is 1.80 bits per heavy atom. The van der Waals surface area contributed by atoms with Gasteiger partial charge in [0.15, 0.2) is 0 Å². The van der Waals surface area contributed by atoms with Gasteiger partial charge < -0.3 is 4.74 Å². The van der Waals surface area contributed by atoms with Crippen molar-refractivity contribution in [1.82, 2.24) is 0 Å². The molecule has 0 heterocycles. The van der Waals surface area contributed by atoms with Crippen molar-refractivity contribution < 1.29 is 17.3 Å². The van der Waals surface area contributed by atoms with Gasteiger partial charge >= 0.3 is 0 Å². The second kappa shape index (κ2) is 9.43. The highest BCUT2D eigenvalue weighted by atomic mass is 35.5. The monoisotopic (exact) mass is 402 g/mol. The maximum Gasteiger partial charge on any atom is 0.264 e. The number of hydrogen-bond acceptors (Lipinski definition) is 4. The Labute approximate surface area is 158 Å². The highest BCUT2D eigenvalue weighted by Gasteiger charge is 2.18. The van der Waals surface area contributed by atoms with Crippen molar-refractivity contribution in [2.45, 2.75) is 18.8 Å². The SMILES string of the molecule is CS(=O)(=O)OC[C@@H](CCCOc1ccccc1)c1ccc(Cl)cc1Cl. The first-order chi connectivity index (χ1) is 11.8. The van der Waals surface area contributed by atoms with Crippen LogP contribution in [0.5, 0.6) is 5.75 Å². The van der Waals surface area contributed by atoms with Crippen LogP contribution < -0.4 is 4.74 Å². The molecular formula is C18H20Cl2O4S. The second-order valence-electron chi connectivity index (χ2n) is 5.66. The molecule has 7 heteroatoms. The Morgan fingerprint density at radius 1 is 1.08 bits per heavy atom. The number of hydrogen-bond donors (Lipinski definition) is 0. The smallest absolute Gasteiger partial charge is 0.264 e. The van der Waals surface area contributed by atoms with Gasteiger partial charge in [-0.05, 0) is 42.7 Å². The number of para-hydroxylation sites is 1. The zero-order valence-corrected chi connectivity index (χ0v) is 16.2. The highest BCUT2D eigenvalue weighted by molar-refractivity contribution is 7.85. The van der Waals surface area contributed by atoms with Crippen molar-refractivity contribution in [2.24, 2.45) is 0 Å². The van der Waals surface area contributed by atoms with Crippen LogP contribution in [0.4, 0.5) is 0 Å². The molecule has 2 rings (SSSR count). The predicted molar refractivity (Wildman–Crippen MR) is 101 cm³/mol. The van der Waals surface area contributed by atoms with Crippen molar-refractivity contribution in [1.29, 1.82) is 0 Å². The van der Waals surface area contributed by atoms with Crippen LogP contribution in [0.2, 0.25) is 10.0 Å². The van der Waals surface area contributed by atoms with Crippen LogP contribution in [0.25, 0.3) is 0 Å². The Morgan fingerprint density at radius 3 is 2.44 bits per heavy atom. The Bertz CT molecular complexity index is 779. The van der Waals surface area contributed by atoms with Crippen molar-refractivity contribution in [3.8, 4) is 5.75 Å². The summed E-state index contributed by atoms with van der Waals surface area (Å²) in [5.74, 6) is 0.634. The summed E-state index contributed by atoms with van der Waals surface area (Å²) in [6.45, 7) is 0.552. The van der Waals surface area contributed by atoms with Crippen LogP contribution in [-0.2, 0) is 14.3 Å². The zero-order valence-electron chi connectivity index (χ0n) is 13.8. The molecule has 0 amide bonds. The van der Waals surface area contributed by atoms with E-state index in [1.807, 2.05) is 30.3 Å². The van der Waals surface area contributed by atoms with Crippen LogP contribution in [0.1, 0.15) is 24.3 Å². The third kappa shape index (κ3) is 7.24. The van der Waals surface area contributed by atoms with Gasteiger partial charge in [0.2, 0.25) is 0 Å². The van der Waals surface area contributed by atoms with E-state index in [9.17, 15) is 8.42 Å². The molecule has 0 aliphatic carbocycles. The van der Waals surface area contributed by atoms with Crippen LogP contribution in [0.15, 0.2) is 48.5 Å². The van der Waals surface area contributed by atoms with Crippen molar-refractivity contribution in [3.05, 3.63) is 64.1 Å². The van der Waals surface area contributed by atoms with Gasteiger partial charge in [0.05, 0.1) is 19.5 Å². The van der Waals surface area contributed by atoms with Gasteiger partial charge in [-0.3, -0.25) is 4.18 Å².